The first-order chi connectivity index (χ1) is 15.4. The number of carbonyl (C=O) groups is 1. The van der Waals surface area contributed by atoms with Crippen LogP contribution in [0.4, 0.5) is 0 Å². The minimum absolute atomic E-state index is 0.153. The summed E-state index contributed by atoms with van der Waals surface area (Å²) < 4.78 is 23.2. The minimum Gasteiger partial charge on any atom is -0.497 e. The van der Waals surface area contributed by atoms with Gasteiger partial charge in [0.15, 0.2) is 11.5 Å². The molecule has 3 aliphatic rings. The quantitative estimate of drug-likeness (QED) is 0.793. The van der Waals surface area contributed by atoms with Crippen LogP contribution in [0.2, 0.25) is 0 Å². The van der Waals surface area contributed by atoms with E-state index in [1.165, 1.54) is 4.90 Å². The number of amides is 1. The number of methoxy groups -OCH3 is 2. The SMILES string of the molecule is COc1ccc(OC)c(-c2ccc3c(c2)[C@]2(C[C@@]4(CCCOC4)O3)N=C(N)N(C)C2=O)c1. The molecule has 0 bridgehead atoms. The molecule has 32 heavy (non-hydrogen) atoms. The Morgan fingerprint density at radius 3 is 2.66 bits per heavy atom. The molecule has 1 amide bonds. The zero-order valence-corrected chi connectivity index (χ0v) is 18.5. The third-order valence-corrected chi connectivity index (χ3v) is 6.64. The topological polar surface area (TPSA) is 95.6 Å². The average Bonchev–Trinajstić information content (AvgIpc) is 3.02. The summed E-state index contributed by atoms with van der Waals surface area (Å²) in [7, 11) is 4.91. The fraction of sp³-hybridized carbons (Fsp3) is 0.417. The predicted octanol–water partition coefficient (Wildman–Crippen LogP) is 2.68. The first-order valence-corrected chi connectivity index (χ1v) is 10.7. The Bertz CT molecular complexity index is 1110. The van der Waals surface area contributed by atoms with Crippen LogP contribution in [0.3, 0.4) is 0 Å². The second-order valence-corrected chi connectivity index (χ2v) is 8.59. The molecule has 0 aliphatic carbocycles. The van der Waals surface area contributed by atoms with Crippen LogP contribution < -0.4 is 19.9 Å². The lowest BCUT2D eigenvalue weighted by atomic mass is 9.74. The number of fused-ring (bicyclic) bond motifs is 2. The maximum absolute atomic E-state index is 13.5. The van der Waals surface area contributed by atoms with Gasteiger partial charge in [0, 0.05) is 31.2 Å². The van der Waals surface area contributed by atoms with Crippen molar-refractivity contribution in [3.8, 4) is 28.4 Å². The zero-order chi connectivity index (χ0) is 22.5. The van der Waals surface area contributed by atoms with Gasteiger partial charge in [-0.05, 0) is 48.7 Å². The predicted molar refractivity (Wildman–Crippen MR) is 119 cm³/mol. The molecule has 5 rings (SSSR count). The van der Waals surface area contributed by atoms with Crippen molar-refractivity contribution in [2.75, 3.05) is 34.5 Å². The number of nitrogens with zero attached hydrogens (tertiary/aromatic N) is 2. The van der Waals surface area contributed by atoms with Gasteiger partial charge in [-0.3, -0.25) is 9.69 Å². The van der Waals surface area contributed by atoms with Crippen LogP contribution in [0.15, 0.2) is 41.4 Å². The lowest BCUT2D eigenvalue weighted by Gasteiger charge is -2.46. The maximum atomic E-state index is 13.5. The number of guanidine groups is 1. The highest BCUT2D eigenvalue weighted by Gasteiger charge is 2.58. The lowest BCUT2D eigenvalue weighted by molar-refractivity contribution is -0.139. The van der Waals surface area contributed by atoms with E-state index < -0.39 is 11.1 Å². The Morgan fingerprint density at radius 2 is 2.00 bits per heavy atom. The monoisotopic (exact) mass is 437 g/mol. The number of nitrogens with two attached hydrogens (primary N) is 1. The summed E-state index contributed by atoms with van der Waals surface area (Å²) in [6.45, 7) is 1.12. The molecule has 3 aliphatic heterocycles. The minimum atomic E-state index is -1.14. The highest BCUT2D eigenvalue weighted by atomic mass is 16.5. The molecule has 2 spiro atoms. The van der Waals surface area contributed by atoms with E-state index in [9.17, 15) is 4.79 Å². The molecule has 3 heterocycles. The maximum Gasteiger partial charge on any atom is 0.261 e. The molecule has 2 atom stereocenters. The summed E-state index contributed by atoms with van der Waals surface area (Å²) in [5.74, 6) is 2.10. The average molecular weight is 437 g/mol. The fourth-order valence-electron chi connectivity index (χ4n) is 5.02. The fourth-order valence-corrected chi connectivity index (χ4v) is 5.02. The Hall–Kier alpha value is -3.26. The van der Waals surface area contributed by atoms with Crippen LogP contribution in [0.1, 0.15) is 24.8 Å². The van der Waals surface area contributed by atoms with E-state index in [-0.39, 0.29) is 11.9 Å². The van der Waals surface area contributed by atoms with Crippen LogP contribution >= 0.6 is 0 Å². The molecule has 2 aromatic carbocycles. The molecule has 2 N–H and O–H groups in total. The summed E-state index contributed by atoms with van der Waals surface area (Å²) in [5, 5.41) is 0. The smallest absolute Gasteiger partial charge is 0.261 e. The van der Waals surface area contributed by atoms with Crippen molar-refractivity contribution in [1.82, 2.24) is 4.90 Å². The summed E-state index contributed by atoms with van der Waals surface area (Å²) in [6.07, 6.45) is 2.05. The number of hydrogen-bond acceptors (Lipinski definition) is 7. The van der Waals surface area contributed by atoms with Crippen molar-refractivity contribution in [2.24, 2.45) is 10.7 Å². The van der Waals surface area contributed by atoms with Gasteiger partial charge in [0.25, 0.3) is 5.91 Å². The third-order valence-electron chi connectivity index (χ3n) is 6.64. The number of ether oxygens (including phenoxy) is 4. The van der Waals surface area contributed by atoms with Gasteiger partial charge < -0.3 is 24.7 Å². The number of likely N-dealkylation sites (N-methyl/N-ethyl adjacent to an activating group) is 1. The van der Waals surface area contributed by atoms with Gasteiger partial charge >= 0.3 is 0 Å². The number of carbonyl (C=O) groups excluding carboxylic acids is 1. The van der Waals surface area contributed by atoms with Crippen molar-refractivity contribution < 1.29 is 23.7 Å². The van der Waals surface area contributed by atoms with Gasteiger partial charge in [0.1, 0.15) is 22.8 Å². The summed E-state index contributed by atoms with van der Waals surface area (Å²) in [6, 6.07) is 11.4. The molecule has 0 aromatic heterocycles. The van der Waals surface area contributed by atoms with E-state index in [0.29, 0.717) is 42.4 Å². The number of rotatable bonds is 3. The van der Waals surface area contributed by atoms with E-state index >= 15 is 0 Å². The number of hydrogen-bond donors (Lipinski definition) is 1. The van der Waals surface area contributed by atoms with E-state index in [2.05, 4.69) is 0 Å². The first-order valence-electron chi connectivity index (χ1n) is 10.7. The van der Waals surface area contributed by atoms with Crippen molar-refractivity contribution >= 4 is 11.9 Å². The van der Waals surface area contributed by atoms with Crippen LogP contribution in [0.5, 0.6) is 17.2 Å². The normalized spacial score (nSPS) is 26.7. The van der Waals surface area contributed by atoms with Gasteiger partial charge in [0.2, 0.25) is 0 Å². The van der Waals surface area contributed by atoms with Crippen molar-refractivity contribution in [3.63, 3.8) is 0 Å². The molecular formula is C24H27N3O5. The van der Waals surface area contributed by atoms with Crippen LogP contribution in [-0.2, 0) is 15.1 Å². The summed E-state index contributed by atoms with van der Waals surface area (Å²) in [4.78, 5) is 19.7. The Morgan fingerprint density at radius 1 is 1.16 bits per heavy atom. The van der Waals surface area contributed by atoms with Gasteiger partial charge in [-0.1, -0.05) is 6.07 Å². The van der Waals surface area contributed by atoms with Gasteiger partial charge in [-0.2, -0.15) is 0 Å². The van der Waals surface area contributed by atoms with E-state index in [0.717, 1.165) is 24.0 Å². The third kappa shape index (κ3) is 3.01. The number of aliphatic imine (C=N–C) groups is 1. The summed E-state index contributed by atoms with van der Waals surface area (Å²) in [5.41, 5.74) is 6.80. The molecule has 1 saturated heterocycles. The highest BCUT2D eigenvalue weighted by Crippen LogP contribution is 2.52. The van der Waals surface area contributed by atoms with Crippen LogP contribution in [-0.4, -0.2) is 56.8 Å². The highest BCUT2D eigenvalue weighted by molar-refractivity contribution is 6.07. The zero-order valence-electron chi connectivity index (χ0n) is 18.5. The Kier molecular flexibility index (Phi) is 4.78. The first kappa shape index (κ1) is 20.6. The molecule has 8 nitrogen and oxygen atoms in total. The molecule has 1 fully saturated rings. The molecule has 168 valence electrons. The molecule has 2 aromatic rings. The lowest BCUT2D eigenvalue weighted by Crippen LogP contribution is -2.55. The van der Waals surface area contributed by atoms with Crippen molar-refractivity contribution in [1.29, 1.82) is 0 Å². The van der Waals surface area contributed by atoms with E-state index in [1.54, 1.807) is 21.3 Å². The van der Waals surface area contributed by atoms with Gasteiger partial charge in [-0.15, -0.1) is 0 Å². The van der Waals surface area contributed by atoms with Crippen LogP contribution in [0, 0.1) is 0 Å². The molecule has 0 saturated carbocycles. The van der Waals surface area contributed by atoms with E-state index in [4.69, 9.17) is 29.7 Å². The second kappa shape index (κ2) is 7.41. The molecular weight excluding hydrogens is 410 g/mol. The van der Waals surface area contributed by atoms with Gasteiger partial charge in [0.05, 0.1) is 20.8 Å². The molecule has 0 unspecified atom stereocenters. The van der Waals surface area contributed by atoms with E-state index in [1.807, 2.05) is 36.4 Å². The largest absolute Gasteiger partial charge is 0.497 e. The Labute approximate surface area is 186 Å². The second-order valence-electron chi connectivity index (χ2n) is 8.59. The standard InChI is InChI=1S/C24H27N3O5/c1-27-21(28)24(26-22(27)25)13-23(9-4-10-31-14-23)32-20-7-5-15(11-18(20)24)17-12-16(29-2)6-8-19(17)30-3/h5-8,11-12H,4,9-10,13-14H2,1-3H3,(H2,25,26)/t23-,24+/m1/s1. The van der Waals surface area contributed by atoms with Gasteiger partial charge in [-0.25, -0.2) is 4.99 Å². The number of benzene rings is 2. The Balaban J connectivity index is 1.69. The van der Waals surface area contributed by atoms with Crippen molar-refractivity contribution in [3.05, 3.63) is 42.0 Å². The molecule has 8 heteroatoms. The van der Waals surface area contributed by atoms with Crippen LogP contribution in [0.25, 0.3) is 11.1 Å². The summed E-state index contributed by atoms with van der Waals surface area (Å²) >= 11 is 0. The van der Waals surface area contributed by atoms with Crippen molar-refractivity contribution in [2.45, 2.75) is 30.4 Å². The molecule has 0 radical (unpaired) electrons.